The second-order valence-corrected chi connectivity index (χ2v) is 6.70. The van der Waals surface area contributed by atoms with Crippen molar-refractivity contribution in [2.75, 3.05) is 6.07 Å². The molecule has 2 nitrogen and oxygen atoms in total. The molecule has 4 rings (SSSR count). The van der Waals surface area contributed by atoms with Crippen LogP contribution in [0, 0.1) is 22.7 Å². The molecule has 4 saturated carbocycles. The van der Waals surface area contributed by atoms with Crippen LogP contribution < -0.4 is 0 Å². The Morgan fingerprint density at radius 2 is 2.12 bits per heavy atom. The maximum Gasteiger partial charge on any atom is 0.147 e. The summed E-state index contributed by atoms with van der Waals surface area (Å²) in [6, 6.07) is 0.214. The first-order chi connectivity index (χ1) is 7.49. The first kappa shape index (κ1) is 11.0. The number of carbonyl (C=O) groups is 1. The highest BCUT2D eigenvalue weighted by molar-refractivity contribution is 6.17. The molecule has 0 aliphatic heterocycles. The van der Waals surface area contributed by atoms with Crippen LogP contribution in [0.1, 0.15) is 39.5 Å². The molecule has 0 aromatic carbocycles. The van der Waals surface area contributed by atoms with Crippen LogP contribution in [0.5, 0.6) is 0 Å². The van der Waals surface area contributed by atoms with Crippen LogP contribution in [0.2, 0.25) is 0 Å². The lowest BCUT2D eigenvalue weighted by Gasteiger charge is -2.62. The van der Waals surface area contributed by atoms with Gasteiger partial charge < -0.3 is 4.74 Å². The Kier molecular flexibility index (Phi) is 2.23. The molecule has 0 radical (unpaired) electrons. The predicted octanol–water partition coefficient (Wildman–Crippen LogP) is 2.98. The van der Waals surface area contributed by atoms with E-state index in [1.165, 1.54) is 6.42 Å². The van der Waals surface area contributed by atoms with Crippen LogP contribution in [0.15, 0.2) is 0 Å². The molecule has 16 heavy (non-hydrogen) atoms. The van der Waals surface area contributed by atoms with E-state index in [4.69, 9.17) is 16.3 Å². The van der Waals surface area contributed by atoms with Crippen LogP contribution in [0.25, 0.3) is 0 Å². The van der Waals surface area contributed by atoms with E-state index in [-0.39, 0.29) is 23.0 Å². The molecule has 5 atom stereocenters. The van der Waals surface area contributed by atoms with E-state index in [2.05, 4.69) is 13.8 Å². The van der Waals surface area contributed by atoms with E-state index >= 15 is 0 Å². The SMILES string of the molecule is CC12CC3CC(C1)C(OCCl)C(C)(C3)C2=O. The fourth-order valence-corrected chi connectivity index (χ4v) is 5.14. The summed E-state index contributed by atoms with van der Waals surface area (Å²) in [4.78, 5) is 12.6. The van der Waals surface area contributed by atoms with Crippen LogP contribution in [0.3, 0.4) is 0 Å². The van der Waals surface area contributed by atoms with Crippen molar-refractivity contribution < 1.29 is 9.53 Å². The molecular weight excluding hydrogens is 224 g/mol. The Morgan fingerprint density at radius 1 is 1.38 bits per heavy atom. The molecule has 90 valence electrons. The van der Waals surface area contributed by atoms with Gasteiger partial charge >= 0.3 is 0 Å². The molecule has 4 fully saturated rings. The van der Waals surface area contributed by atoms with Crippen molar-refractivity contribution in [2.45, 2.75) is 45.6 Å². The third kappa shape index (κ3) is 1.20. The van der Waals surface area contributed by atoms with Crippen molar-refractivity contribution in [2.24, 2.45) is 22.7 Å². The van der Waals surface area contributed by atoms with Gasteiger partial charge in [0.15, 0.2) is 0 Å². The van der Waals surface area contributed by atoms with Crippen LogP contribution in [0.4, 0.5) is 0 Å². The van der Waals surface area contributed by atoms with E-state index in [1.807, 2.05) is 0 Å². The molecule has 0 aromatic heterocycles. The fraction of sp³-hybridized carbons (Fsp3) is 0.923. The van der Waals surface area contributed by atoms with E-state index in [0.717, 1.165) is 25.2 Å². The third-order valence-electron chi connectivity index (χ3n) is 5.17. The van der Waals surface area contributed by atoms with Crippen molar-refractivity contribution in [3.63, 3.8) is 0 Å². The lowest BCUT2D eigenvalue weighted by Crippen LogP contribution is -2.64. The average Bonchev–Trinajstić information content (AvgIpc) is 2.20. The number of rotatable bonds is 2. The highest BCUT2D eigenvalue weighted by Crippen LogP contribution is 2.63. The zero-order valence-corrected chi connectivity index (χ0v) is 10.7. The maximum atomic E-state index is 12.6. The number of hydrogen-bond acceptors (Lipinski definition) is 2. The minimum atomic E-state index is -0.256. The molecule has 0 heterocycles. The molecule has 0 spiro atoms. The second kappa shape index (κ2) is 3.23. The smallest absolute Gasteiger partial charge is 0.147 e. The van der Waals surface area contributed by atoms with E-state index in [9.17, 15) is 4.79 Å². The Balaban J connectivity index is 2.00. The molecule has 4 aliphatic carbocycles. The van der Waals surface area contributed by atoms with Crippen molar-refractivity contribution in [3.05, 3.63) is 0 Å². The third-order valence-corrected chi connectivity index (χ3v) is 5.29. The molecule has 0 aromatic rings. The summed E-state index contributed by atoms with van der Waals surface area (Å²) in [6.45, 7) is 4.26. The van der Waals surface area contributed by atoms with Crippen molar-refractivity contribution >= 4 is 17.4 Å². The van der Waals surface area contributed by atoms with Crippen LogP contribution in [-0.2, 0) is 9.53 Å². The quantitative estimate of drug-likeness (QED) is 0.696. The molecule has 4 bridgehead atoms. The number of ketones is 1. The number of alkyl halides is 1. The zero-order chi connectivity index (χ0) is 11.6. The van der Waals surface area contributed by atoms with Gasteiger partial charge in [-0.15, -0.1) is 0 Å². The topological polar surface area (TPSA) is 26.3 Å². The Morgan fingerprint density at radius 3 is 2.81 bits per heavy atom. The van der Waals surface area contributed by atoms with E-state index < -0.39 is 0 Å². The highest BCUT2D eigenvalue weighted by Gasteiger charge is 2.64. The molecule has 3 heteroatoms. The summed E-state index contributed by atoms with van der Waals surface area (Å²) in [7, 11) is 0. The van der Waals surface area contributed by atoms with Crippen molar-refractivity contribution in [1.29, 1.82) is 0 Å². The summed E-state index contributed by atoms with van der Waals surface area (Å²) in [5, 5.41) is 0. The van der Waals surface area contributed by atoms with E-state index in [0.29, 0.717) is 11.7 Å². The minimum Gasteiger partial charge on any atom is -0.361 e. The first-order valence-corrected chi connectivity index (χ1v) is 6.75. The second-order valence-electron chi connectivity index (χ2n) is 6.48. The highest BCUT2D eigenvalue weighted by atomic mass is 35.5. The molecule has 0 N–H and O–H groups in total. The van der Waals surface area contributed by atoms with Gasteiger partial charge in [0.1, 0.15) is 11.8 Å². The zero-order valence-electron chi connectivity index (χ0n) is 9.96. The monoisotopic (exact) mass is 242 g/mol. The number of Topliss-reactive ketones (excluding diaryl/α,β-unsaturated/α-hetero) is 1. The van der Waals surface area contributed by atoms with Gasteiger partial charge in [0.2, 0.25) is 0 Å². The summed E-state index contributed by atoms with van der Waals surface area (Å²) >= 11 is 5.70. The van der Waals surface area contributed by atoms with Crippen molar-refractivity contribution in [1.82, 2.24) is 0 Å². The fourth-order valence-electron chi connectivity index (χ4n) is 5.00. The molecule has 4 aliphatic rings. The first-order valence-electron chi connectivity index (χ1n) is 6.22. The van der Waals surface area contributed by atoms with Gasteiger partial charge in [-0.1, -0.05) is 25.4 Å². The molecular formula is C13H19ClO2. The average molecular weight is 243 g/mol. The van der Waals surface area contributed by atoms with Gasteiger partial charge in [-0.2, -0.15) is 0 Å². The van der Waals surface area contributed by atoms with Gasteiger partial charge in [-0.25, -0.2) is 0 Å². The number of ether oxygens (including phenoxy) is 1. The summed E-state index contributed by atoms with van der Waals surface area (Å²) < 4.78 is 5.68. The van der Waals surface area contributed by atoms with Crippen LogP contribution >= 0.6 is 11.6 Å². The standard InChI is InChI=1S/C13H19ClO2/c1-12-4-8-3-9(6-12)10(16-7-14)13(2,5-8)11(12)15/h8-10H,3-7H2,1-2H3. The van der Waals surface area contributed by atoms with Gasteiger partial charge in [0.05, 0.1) is 11.5 Å². The minimum absolute atomic E-state index is 0.0627. The van der Waals surface area contributed by atoms with Gasteiger partial charge in [-0.05, 0) is 37.5 Å². The molecule has 5 unspecified atom stereocenters. The molecule has 0 saturated heterocycles. The Hall–Kier alpha value is -0.0800. The number of hydrogen-bond donors (Lipinski definition) is 0. The summed E-state index contributed by atoms with van der Waals surface area (Å²) in [5.41, 5.74) is -0.319. The maximum absolute atomic E-state index is 12.6. The summed E-state index contributed by atoms with van der Waals surface area (Å²) in [6.07, 6.45) is 4.44. The largest absolute Gasteiger partial charge is 0.361 e. The Bertz CT molecular complexity index is 343. The van der Waals surface area contributed by atoms with Gasteiger partial charge in [0, 0.05) is 5.41 Å². The Labute approximate surface area is 102 Å². The lowest BCUT2D eigenvalue weighted by molar-refractivity contribution is -0.195. The number of carbonyl (C=O) groups excluding carboxylic acids is 1. The molecule has 0 amide bonds. The van der Waals surface area contributed by atoms with Crippen molar-refractivity contribution in [3.8, 4) is 0 Å². The number of halogens is 1. The predicted molar refractivity (Wildman–Crippen MR) is 62.3 cm³/mol. The van der Waals surface area contributed by atoms with Crippen LogP contribution in [-0.4, -0.2) is 18.0 Å². The van der Waals surface area contributed by atoms with Gasteiger partial charge in [0.25, 0.3) is 0 Å². The lowest BCUT2D eigenvalue weighted by atomic mass is 9.43. The normalized spacial score (nSPS) is 54.7. The summed E-state index contributed by atoms with van der Waals surface area (Å²) in [5.74, 6) is 1.72. The van der Waals surface area contributed by atoms with Gasteiger partial charge in [-0.3, -0.25) is 4.79 Å². The van der Waals surface area contributed by atoms with E-state index in [1.54, 1.807) is 0 Å².